The molecule has 94 valence electrons. The predicted octanol–water partition coefficient (Wildman–Crippen LogP) is 1.20. The van der Waals surface area contributed by atoms with E-state index in [9.17, 15) is 4.79 Å². The fourth-order valence-electron chi connectivity index (χ4n) is 2.17. The molecular formula is C12H19N3O2. The maximum Gasteiger partial charge on any atom is 0.256 e. The minimum Gasteiger partial charge on any atom is -0.383 e. The molecule has 1 aromatic rings. The second-order valence-electron chi connectivity index (χ2n) is 4.48. The molecule has 5 nitrogen and oxygen atoms in total. The Bertz CT molecular complexity index is 436. The van der Waals surface area contributed by atoms with Gasteiger partial charge in [0, 0.05) is 12.5 Å². The van der Waals surface area contributed by atoms with E-state index < -0.39 is 0 Å². The van der Waals surface area contributed by atoms with Gasteiger partial charge in [-0.1, -0.05) is 13.3 Å². The van der Waals surface area contributed by atoms with Gasteiger partial charge in [0.25, 0.3) is 5.56 Å². The van der Waals surface area contributed by atoms with Crippen molar-refractivity contribution in [2.24, 2.45) is 0 Å². The summed E-state index contributed by atoms with van der Waals surface area (Å²) in [4.78, 5) is 19.0. The monoisotopic (exact) mass is 237 g/mol. The van der Waals surface area contributed by atoms with Crippen molar-refractivity contribution in [3.8, 4) is 0 Å². The molecule has 1 fully saturated rings. The quantitative estimate of drug-likeness (QED) is 0.827. The minimum atomic E-state index is -0.0973. The maximum absolute atomic E-state index is 11.9. The minimum absolute atomic E-state index is 0.0973. The van der Waals surface area contributed by atoms with E-state index in [1.807, 2.05) is 6.92 Å². The first-order chi connectivity index (χ1) is 8.22. The zero-order valence-electron chi connectivity index (χ0n) is 10.2. The third-order valence-electron chi connectivity index (χ3n) is 3.11. The first kappa shape index (κ1) is 12.1. The molecule has 0 saturated carbocycles. The summed E-state index contributed by atoms with van der Waals surface area (Å²) in [5, 5.41) is 0. The van der Waals surface area contributed by atoms with Crippen LogP contribution in [-0.2, 0) is 11.2 Å². The van der Waals surface area contributed by atoms with Crippen LogP contribution in [0.15, 0.2) is 4.79 Å². The highest BCUT2D eigenvalue weighted by Crippen LogP contribution is 2.22. The van der Waals surface area contributed by atoms with Crippen LogP contribution in [0.25, 0.3) is 0 Å². The fraction of sp³-hybridized carbons (Fsp3) is 0.667. The Morgan fingerprint density at radius 1 is 1.59 bits per heavy atom. The van der Waals surface area contributed by atoms with Gasteiger partial charge in [-0.05, 0) is 19.3 Å². The number of nitrogen functional groups attached to an aromatic ring is 1. The molecule has 0 aliphatic carbocycles. The first-order valence-electron chi connectivity index (χ1n) is 6.18. The molecule has 1 aliphatic heterocycles. The Morgan fingerprint density at radius 2 is 2.41 bits per heavy atom. The highest BCUT2D eigenvalue weighted by molar-refractivity contribution is 5.38. The third-order valence-corrected chi connectivity index (χ3v) is 3.11. The maximum atomic E-state index is 11.9. The van der Waals surface area contributed by atoms with E-state index in [4.69, 9.17) is 10.5 Å². The molecule has 1 unspecified atom stereocenters. The lowest BCUT2D eigenvalue weighted by Crippen LogP contribution is -2.25. The van der Waals surface area contributed by atoms with Gasteiger partial charge < -0.3 is 15.5 Å². The summed E-state index contributed by atoms with van der Waals surface area (Å²) in [7, 11) is 0. The molecule has 1 aliphatic rings. The van der Waals surface area contributed by atoms with Gasteiger partial charge in [-0.25, -0.2) is 4.98 Å². The smallest absolute Gasteiger partial charge is 0.256 e. The van der Waals surface area contributed by atoms with E-state index in [0.29, 0.717) is 30.2 Å². The highest BCUT2D eigenvalue weighted by atomic mass is 16.5. The van der Waals surface area contributed by atoms with Gasteiger partial charge in [-0.15, -0.1) is 0 Å². The summed E-state index contributed by atoms with van der Waals surface area (Å²) < 4.78 is 5.39. The van der Waals surface area contributed by atoms with Crippen LogP contribution in [0.2, 0.25) is 0 Å². The Balaban J connectivity index is 2.27. The number of anilines is 1. The molecular weight excluding hydrogens is 218 g/mol. The molecule has 0 amide bonds. The molecule has 1 saturated heterocycles. The molecule has 2 heterocycles. The zero-order chi connectivity index (χ0) is 12.3. The van der Waals surface area contributed by atoms with E-state index in [2.05, 4.69) is 9.97 Å². The van der Waals surface area contributed by atoms with Crippen LogP contribution >= 0.6 is 0 Å². The largest absolute Gasteiger partial charge is 0.383 e. The topological polar surface area (TPSA) is 81.0 Å². The predicted molar refractivity (Wildman–Crippen MR) is 66.1 cm³/mol. The molecule has 1 aromatic heterocycles. The SMILES string of the molecule is CCCc1c(N)nc(C2CCCOC2)[nH]c1=O. The summed E-state index contributed by atoms with van der Waals surface area (Å²) in [5.41, 5.74) is 6.35. The number of aromatic nitrogens is 2. The van der Waals surface area contributed by atoms with E-state index >= 15 is 0 Å². The number of rotatable bonds is 3. The first-order valence-corrected chi connectivity index (χ1v) is 6.18. The van der Waals surface area contributed by atoms with Crippen LogP contribution < -0.4 is 11.3 Å². The van der Waals surface area contributed by atoms with Crippen LogP contribution in [0.3, 0.4) is 0 Å². The van der Waals surface area contributed by atoms with Crippen LogP contribution in [0.5, 0.6) is 0 Å². The normalized spacial score (nSPS) is 20.4. The lowest BCUT2D eigenvalue weighted by atomic mass is 10.0. The fourth-order valence-corrected chi connectivity index (χ4v) is 2.17. The van der Waals surface area contributed by atoms with E-state index in [1.54, 1.807) is 0 Å². The lowest BCUT2D eigenvalue weighted by Gasteiger charge is -2.21. The van der Waals surface area contributed by atoms with Crippen LogP contribution in [0.1, 0.15) is 43.5 Å². The average molecular weight is 237 g/mol. The van der Waals surface area contributed by atoms with Gasteiger partial charge in [0.1, 0.15) is 11.6 Å². The molecule has 0 spiro atoms. The second kappa shape index (κ2) is 5.31. The van der Waals surface area contributed by atoms with E-state index in [-0.39, 0.29) is 11.5 Å². The summed E-state index contributed by atoms with van der Waals surface area (Å²) in [6.45, 7) is 3.43. The van der Waals surface area contributed by atoms with Crippen molar-refractivity contribution in [3.05, 3.63) is 21.7 Å². The van der Waals surface area contributed by atoms with Crippen LogP contribution in [-0.4, -0.2) is 23.2 Å². The highest BCUT2D eigenvalue weighted by Gasteiger charge is 2.20. The molecule has 0 aromatic carbocycles. The standard InChI is InChI=1S/C12H19N3O2/c1-2-4-9-10(13)14-11(15-12(9)16)8-5-3-6-17-7-8/h8H,2-7H2,1H3,(H3,13,14,15,16). The number of nitrogens with one attached hydrogen (secondary N) is 1. The van der Waals surface area contributed by atoms with Gasteiger partial charge in [0.2, 0.25) is 0 Å². The molecule has 0 radical (unpaired) electrons. The molecule has 0 bridgehead atoms. The van der Waals surface area contributed by atoms with Crippen LogP contribution in [0.4, 0.5) is 5.82 Å². The summed E-state index contributed by atoms with van der Waals surface area (Å²) in [6.07, 6.45) is 3.57. The molecule has 5 heteroatoms. The van der Waals surface area contributed by atoms with E-state index in [1.165, 1.54) is 0 Å². The number of hydrogen-bond acceptors (Lipinski definition) is 4. The van der Waals surface area contributed by atoms with Crippen molar-refractivity contribution >= 4 is 5.82 Å². The Kier molecular flexibility index (Phi) is 3.78. The Morgan fingerprint density at radius 3 is 3.00 bits per heavy atom. The second-order valence-corrected chi connectivity index (χ2v) is 4.48. The van der Waals surface area contributed by atoms with Gasteiger partial charge in [0.05, 0.1) is 12.2 Å². The van der Waals surface area contributed by atoms with Gasteiger partial charge in [-0.2, -0.15) is 0 Å². The van der Waals surface area contributed by atoms with Gasteiger partial charge in [0.15, 0.2) is 0 Å². The number of hydrogen-bond donors (Lipinski definition) is 2. The van der Waals surface area contributed by atoms with Crippen molar-refractivity contribution in [2.75, 3.05) is 18.9 Å². The van der Waals surface area contributed by atoms with Crippen molar-refractivity contribution in [1.82, 2.24) is 9.97 Å². The number of H-pyrrole nitrogens is 1. The average Bonchev–Trinajstić information content (AvgIpc) is 2.35. The number of nitrogens with two attached hydrogens (primary N) is 1. The third kappa shape index (κ3) is 2.66. The Hall–Kier alpha value is -1.36. The van der Waals surface area contributed by atoms with Gasteiger partial charge >= 0.3 is 0 Å². The lowest BCUT2D eigenvalue weighted by molar-refractivity contribution is 0.0780. The molecule has 17 heavy (non-hydrogen) atoms. The van der Waals surface area contributed by atoms with Crippen LogP contribution in [0, 0.1) is 0 Å². The number of ether oxygens (including phenoxy) is 1. The molecule has 3 N–H and O–H groups in total. The Labute approximate surface area is 100 Å². The molecule has 2 rings (SSSR count). The summed E-state index contributed by atoms with van der Waals surface area (Å²) >= 11 is 0. The van der Waals surface area contributed by atoms with Crippen molar-refractivity contribution in [1.29, 1.82) is 0 Å². The van der Waals surface area contributed by atoms with Crippen molar-refractivity contribution in [3.63, 3.8) is 0 Å². The summed E-state index contributed by atoms with van der Waals surface area (Å²) in [6, 6.07) is 0. The van der Waals surface area contributed by atoms with Crippen molar-refractivity contribution < 1.29 is 4.74 Å². The summed E-state index contributed by atoms with van der Waals surface area (Å²) in [5.74, 6) is 1.22. The number of aromatic amines is 1. The van der Waals surface area contributed by atoms with E-state index in [0.717, 1.165) is 25.9 Å². The van der Waals surface area contributed by atoms with Gasteiger partial charge in [-0.3, -0.25) is 4.79 Å². The zero-order valence-corrected chi connectivity index (χ0v) is 10.2. The van der Waals surface area contributed by atoms with Crippen molar-refractivity contribution in [2.45, 2.75) is 38.5 Å². The molecule has 1 atom stereocenters. The number of nitrogens with zero attached hydrogens (tertiary/aromatic N) is 1.